The van der Waals surface area contributed by atoms with E-state index in [-0.39, 0.29) is 18.2 Å². The zero-order valence-electron chi connectivity index (χ0n) is 19.2. The highest BCUT2D eigenvalue weighted by atomic mass is 32.2. The summed E-state index contributed by atoms with van der Waals surface area (Å²) >= 11 is 1.33. The maximum absolute atomic E-state index is 13.4. The Hall–Kier alpha value is -3.97. The van der Waals surface area contributed by atoms with Crippen molar-refractivity contribution < 1.29 is 9.59 Å². The normalized spacial score (nSPS) is 16.7. The van der Waals surface area contributed by atoms with Crippen LogP contribution in [0.1, 0.15) is 17.7 Å². The fourth-order valence-electron chi connectivity index (χ4n) is 3.95. The molecular weight excluding hydrogens is 456 g/mol. The summed E-state index contributed by atoms with van der Waals surface area (Å²) in [6.07, 6.45) is 1.77. The summed E-state index contributed by atoms with van der Waals surface area (Å²) in [6.45, 7) is 2.29. The molecule has 1 aliphatic heterocycles. The van der Waals surface area contributed by atoms with Crippen LogP contribution in [0, 0.1) is 6.92 Å². The number of anilines is 1. The minimum absolute atomic E-state index is 0.0602. The predicted octanol–water partition coefficient (Wildman–Crippen LogP) is 5.70. The number of nitrogens with zero attached hydrogens (tertiary/aromatic N) is 3. The van der Waals surface area contributed by atoms with Gasteiger partial charge in [-0.05, 0) is 42.6 Å². The van der Waals surface area contributed by atoms with E-state index in [0.29, 0.717) is 17.4 Å². The molecular formula is C28H24N4O2S. The minimum Gasteiger partial charge on any atom is -0.326 e. The van der Waals surface area contributed by atoms with Crippen LogP contribution < -0.4 is 5.32 Å². The molecule has 1 unspecified atom stereocenters. The van der Waals surface area contributed by atoms with Crippen LogP contribution in [-0.2, 0) is 16.1 Å². The molecule has 1 N–H and O–H groups in total. The van der Waals surface area contributed by atoms with Crippen LogP contribution in [0.2, 0.25) is 0 Å². The number of benzene rings is 3. The second-order valence-corrected chi connectivity index (χ2v) is 9.53. The van der Waals surface area contributed by atoms with Crippen molar-refractivity contribution in [2.75, 3.05) is 5.32 Å². The number of aromatic nitrogens is 1. The fraction of sp³-hybridized carbons (Fsp3) is 0.143. The summed E-state index contributed by atoms with van der Waals surface area (Å²) in [7, 11) is 0. The van der Waals surface area contributed by atoms with E-state index in [4.69, 9.17) is 4.99 Å². The second kappa shape index (κ2) is 10.1. The third-order valence-electron chi connectivity index (χ3n) is 5.76. The highest BCUT2D eigenvalue weighted by Gasteiger charge is 2.39. The largest absolute Gasteiger partial charge is 0.326 e. The number of thioether (sulfide) groups is 1. The molecule has 0 spiro atoms. The lowest BCUT2D eigenvalue weighted by molar-refractivity contribution is -0.128. The number of hydrogen-bond donors (Lipinski definition) is 1. The Balaban J connectivity index is 1.42. The fourth-order valence-corrected chi connectivity index (χ4v) is 5.10. The van der Waals surface area contributed by atoms with E-state index < -0.39 is 5.25 Å². The van der Waals surface area contributed by atoms with Crippen molar-refractivity contribution in [3.8, 4) is 0 Å². The zero-order chi connectivity index (χ0) is 24.2. The molecule has 1 atom stereocenters. The van der Waals surface area contributed by atoms with Crippen LogP contribution in [-0.4, -0.2) is 32.1 Å². The highest BCUT2D eigenvalue weighted by molar-refractivity contribution is 8.15. The highest BCUT2D eigenvalue weighted by Crippen LogP contribution is 2.35. The molecule has 0 aliphatic carbocycles. The first-order valence-electron chi connectivity index (χ1n) is 11.4. The lowest BCUT2D eigenvalue weighted by Crippen LogP contribution is -2.33. The van der Waals surface area contributed by atoms with Crippen LogP contribution in [0.5, 0.6) is 0 Å². The van der Waals surface area contributed by atoms with Crippen LogP contribution in [0.15, 0.2) is 96.1 Å². The van der Waals surface area contributed by atoms with Gasteiger partial charge in [-0.25, -0.2) is 4.99 Å². The van der Waals surface area contributed by atoms with E-state index in [0.717, 1.165) is 27.7 Å². The molecule has 1 fully saturated rings. The first-order chi connectivity index (χ1) is 17.1. The Morgan fingerprint density at radius 3 is 2.57 bits per heavy atom. The molecule has 2 heterocycles. The standard InChI is InChI=1S/C28H24N4O2S/c1-19-12-14-21(15-13-19)30-26(33)17-25-27(34)32(18-22-9-4-5-16-29-22)28(35-25)31-24-11-6-8-20-7-2-3-10-23(20)24/h2-16,25H,17-18H2,1H3,(H,30,33). The van der Waals surface area contributed by atoms with Gasteiger partial charge >= 0.3 is 0 Å². The van der Waals surface area contributed by atoms with Gasteiger partial charge in [0.2, 0.25) is 11.8 Å². The van der Waals surface area contributed by atoms with Gasteiger partial charge in [0, 0.05) is 23.7 Å². The molecule has 35 heavy (non-hydrogen) atoms. The number of carbonyl (C=O) groups is 2. The van der Waals surface area contributed by atoms with Crippen molar-refractivity contribution in [2.45, 2.75) is 25.1 Å². The van der Waals surface area contributed by atoms with E-state index in [2.05, 4.69) is 10.3 Å². The maximum Gasteiger partial charge on any atom is 0.243 e. The van der Waals surface area contributed by atoms with Crippen molar-refractivity contribution in [3.05, 3.63) is 102 Å². The number of amides is 2. The van der Waals surface area contributed by atoms with Gasteiger partial charge in [0.05, 0.1) is 17.9 Å². The number of aliphatic imine (C=N–C) groups is 1. The second-order valence-electron chi connectivity index (χ2n) is 8.36. The Morgan fingerprint density at radius 2 is 1.77 bits per heavy atom. The Labute approximate surface area is 208 Å². The van der Waals surface area contributed by atoms with Gasteiger partial charge in [0.25, 0.3) is 0 Å². The first kappa shape index (κ1) is 22.8. The Kier molecular flexibility index (Phi) is 6.59. The summed E-state index contributed by atoms with van der Waals surface area (Å²) < 4.78 is 0. The number of nitrogens with one attached hydrogen (secondary N) is 1. The van der Waals surface area contributed by atoms with E-state index in [1.807, 2.05) is 91.9 Å². The van der Waals surface area contributed by atoms with Crippen LogP contribution in [0.3, 0.4) is 0 Å². The molecule has 5 rings (SSSR count). The predicted molar refractivity (Wildman–Crippen MR) is 142 cm³/mol. The molecule has 1 aromatic heterocycles. The van der Waals surface area contributed by atoms with Crippen molar-refractivity contribution in [1.29, 1.82) is 0 Å². The number of amidine groups is 1. The quantitative estimate of drug-likeness (QED) is 0.384. The topological polar surface area (TPSA) is 74.7 Å². The van der Waals surface area contributed by atoms with Gasteiger partial charge < -0.3 is 5.32 Å². The van der Waals surface area contributed by atoms with Gasteiger partial charge in [0.15, 0.2) is 5.17 Å². The minimum atomic E-state index is -0.558. The van der Waals surface area contributed by atoms with E-state index >= 15 is 0 Å². The monoisotopic (exact) mass is 480 g/mol. The molecule has 174 valence electrons. The lowest BCUT2D eigenvalue weighted by Gasteiger charge is -2.16. The lowest BCUT2D eigenvalue weighted by atomic mass is 10.1. The van der Waals surface area contributed by atoms with Gasteiger partial charge in [0.1, 0.15) is 5.25 Å². The number of fused-ring (bicyclic) bond motifs is 1. The third kappa shape index (κ3) is 5.25. The number of hydrogen-bond acceptors (Lipinski definition) is 5. The van der Waals surface area contributed by atoms with Crippen LogP contribution in [0.25, 0.3) is 10.8 Å². The molecule has 1 aliphatic rings. The summed E-state index contributed by atoms with van der Waals surface area (Å²) in [5.74, 6) is -0.345. The molecule has 6 nitrogen and oxygen atoms in total. The molecule has 7 heteroatoms. The zero-order valence-corrected chi connectivity index (χ0v) is 20.0. The smallest absolute Gasteiger partial charge is 0.243 e. The summed E-state index contributed by atoms with van der Waals surface area (Å²) in [5.41, 5.74) is 3.38. The summed E-state index contributed by atoms with van der Waals surface area (Å²) in [4.78, 5) is 37.1. The molecule has 2 amide bonds. The molecule has 0 saturated carbocycles. The van der Waals surface area contributed by atoms with Crippen molar-refractivity contribution in [1.82, 2.24) is 9.88 Å². The van der Waals surface area contributed by atoms with Crippen molar-refractivity contribution >= 4 is 50.9 Å². The van der Waals surface area contributed by atoms with E-state index in [9.17, 15) is 9.59 Å². The number of aryl methyl sites for hydroxylation is 1. The van der Waals surface area contributed by atoms with Gasteiger partial charge in [-0.1, -0.05) is 71.9 Å². The molecule has 4 aromatic rings. The number of rotatable bonds is 6. The number of carbonyl (C=O) groups excluding carboxylic acids is 2. The SMILES string of the molecule is Cc1ccc(NC(=O)CC2SC(=Nc3cccc4ccccc34)N(Cc3ccccn3)C2=O)cc1. The first-order valence-corrected chi connectivity index (χ1v) is 12.3. The molecule has 0 bridgehead atoms. The van der Waals surface area contributed by atoms with E-state index in [1.54, 1.807) is 11.1 Å². The maximum atomic E-state index is 13.4. The van der Waals surface area contributed by atoms with Gasteiger partial charge in [-0.2, -0.15) is 0 Å². The number of pyridine rings is 1. The van der Waals surface area contributed by atoms with Crippen LogP contribution in [0.4, 0.5) is 11.4 Å². The van der Waals surface area contributed by atoms with E-state index in [1.165, 1.54) is 11.8 Å². The Morgan fingerprint density at radius 1 is 1.00 bits per heavy atom. The van der Waals surface area contributed by atoms with Crippen LogP contribution >= 0.6 is 11.8 Å². The van der Waals surface area contributed by atoms with Gasteiger partial charge in [-0.15, -0.1) is 0 Å². The molecule has 1 saturated heterocycles. The summed E-state index contributed by atoms with van der Waals surface area (Å²) in [6, 6.07) is 27.2. The summed E-state index contributed by atoms with van der Waals surface area (Å²) in [5, 5.41) is 5.00. The Bertz CT molecular complexity index is 1400. The van der Waals surface area contributed by atoms with Crippen molar-refractivity contribution in [2.24, 2.45) is 4.99 Å². The third-order valence-corrected chi connectivity index (χ3v) is 6.93. The van der Waals surface area contributed by atoms with Gasteiger partial charge in [-0.3, -0.25) is 19.5 Å². The average Bonchev–Trinajstić information content (AvgIpc) is 3.15. The molecule has 0 radical (unpaired) electrons. The molecule has 3 aromatic carbocycles. The van der Waals surface area contributed by atoms with Crippen molar-refractivity contribution in [3.63, 3.8) is 0 Å². The average molecular weight is 481 g/mol.